The topological polar surface area (TPSA) is 88.6 Å². The van der Waals surface area contributed by atoms with Gasteiger partial charge in [-0.2, -0.15) is 0 Å². The molecule has 2 aliphatic rings. The summed E-state index contributed by atoms with van der Waals surface area (Å²) in [6.45, 7) is 6.10. The number of hydrogen-bond acceptors (Lipinski definition) is 6. The largest absolute Gasteiger partial charge is 0.427 e. The fraction of sp³-hybridized carbons (Fsp3) is 0.550. The highest BCUT2D eigenvalue weighted by Gasteiger charge is 2.35. The maximum absolute atomic E-state index is 13.2. The van der Waals surface area contributed by atoms with Crippen molar-refractivity contribution in [2.45, 2.75) is 51.5 Å². The number of rotatable bonds is 3. The van der Waals surface area contributed by atoms with E-state index in [9.17, 15) is 9.59 Å². The second kappa shape index (κ2) is 8.49. The molecule has 0 bridgehead atoms. The van der Waals surface area contributed by atoms with Crippen molar-refractivity contribution >= 4 is 18.3 Å². The van der Waals surface area contributed by atoms with Gasteiger partial charge in [-0.3, -0.25) is 4.79 Å². The molecule has 0 aromatic carbocycles. The number of nitrogens with one attached hydrogen (secondary N) is 1. The molecule has 152 valence electrons. The van der Waals surface area contributed by atoms with Crippen LogP contribution in [0.1, 0.15) is 70.8 Å². The Labute approximate surface area is 169 Å². The lowest BCUT2D eigenvalue weighted by Crippen LogP contribution is -2.35. The zero-order chi connectivity index (χ0) is 19.0. The first-order valence-corrected chi connectivity index (χ1v) is 9.64. The van der Waals surface area contributed by atoms with Crippen LogP contribution in [0.4, 0.5) is 0 Å². The maximum atomic E-state index is 13.2. The number of carbonyl (C=O) groups is 1. The van der Waals surface area contributed by atoms with Crippen LogP contribution in [0.25, 0.3) is 0 Å². The van der Waals surface area contributed by atoms with Crippen molar-refractivity contribution in [1.29, 1.82) is 0 Å². The van der Waals surface area contributed by atoms with E-state index in [1.807, 2.05) is 26.0 Å². The van der Waals surface area contributed by atoms with Crippen molar-refractivity contribution in [1.82, 2.24) is 15.4 Å². The van der Waals surface area contributed by atoms with E-state index >= 15 is 0 Å². The molecule has 2 aliphatic heterocycles. The van der Waals surface area contributed by atoms with Gasteiger partial charge in [0.05, 0.1) is 11.7 Å². The van der Waals surface area contributed by atoms with Crippen molar-refractivity contribution in [2.24, 2.45) is 0 Å². The second-order valence-electron chi connectivity index (χ2n) is 7.55. The summed E-state index contributed by atoms with van der Waals surface area (Å²) in [5, 5.41) is 7.24. The Morgan fingerprint density at radius 1 is 1.18 bits per heavy atom. The molecule has 8 heteroatoms. The van der Waals surface area contributed by atoms with Crippen molar-refractivity contribution in [3.8, 4) is 0 Å². The van der Waals surface area contributed by atoms with E-state index < -0.39 is 5.63 Å². The van der Waals surface area contributed by atoms with E-state index in [-0.39, 0.29) is 35.8 Å². The number of halogens is 1. The summed E-state index contributed by atoms with van der Waals surface area (Å²) in [6, 6.07) is 3.54. The summed E-state index contributed by atoms with van der Waals surface area (Å²) >= 11 is 0. The Balaban J connectivity index is 0.00000225. The third kappa shape index (κ3) is 3.86. The molecule has 2 fully saturated rings. The molecule has 0 aliphatic carbocycles. The van der Waals surface area contributed by atoms with Gasteiger partial charge in [-0.15, -0.1) is 12.4 Å². The highest BCUT2D eigenvalue weighted by Crippen LogP contribution is 2.34. The van der Waals surface area contributed by atoms with Gasteiger partial charge in [0.15, 0.2) is 5.76 Å². The number of amides is 1. The molecule has 1 atom stereocenters. The number of nitrogens with zero attached hydrogens (tertiary/aromatic N) is 2. The highest BCUT2D eigenvalue weighted by molar-refractivity contribution is 5.95. The van der Waals surface area contributed by atoms with E-state index in [4.69, 9.17) is 8.94 Å². The first-order valence-electron chi connectivity index (χ1n) is 9.64. The van der Waals surface area contributed by atoms with Gasteiger partial charge in [-0.05, 0) is 64.3 Å². The molecule has 0 radical (unpaired) electrons. The lowest BCUT2D eigenvalue weighted by molar-refractivity contribution is 0.0708. The van der Waals surface area contributed by atoms with Crippen LogP contribution in [0.3, 0.4) is 0 Å². The normalized spacial score (nSPS) is 20.2. The molecule has 4 rings (SSSR count). The van der Waals surface area contributed by atoms with Crippen molar-refractivity contribution in [3.63, 3.8) is 0 Å². The number of aromatic nitrogens is 1. The van der Waals surface area contributed by atoms with Crippen LogP contribution in [-0.4, -0.2) is 35.6 Å². The van der Waals surface area contributed by atoms with E-state index in [2.05, 4.69) is 10.5 Å². The zero-order valence-corrected chi connectivity index (χ0v) is 17.0. The summed E-state index contributed by atoms with van der Waals surface area (Å²) in [7, 11) is 0. The Morgan fingerprint density at radius 2 is 1.93 bits per heavy atom. The summed E-state index contributed by atoms with van der Waals surface area (Å²) in [5.74, 6) is 1.32. The molecule has 28 heavy (non-hydrogen) atoms. The van der Waals surface area contributed by atoms with Crippen LogP contribution in [0.15, 0.2) is 25.9 Å². The maximum Gasteiger partial charge on any atom is 0.349 e. The summed E-state index contributed by atoms with van der Waals surface area (Å²) in [5.41, 5.74) is 1.07. The average Bonchev–Trinajstić information content (AvgIpc) is 3.30. The van der Waals surface area contributed by atoms with E-state index in [1.54, 1.807) is 4.90 Å². The molecule has 0 saturated carbocycles. The second-order valence-corrected chi connectivity index (χ2v) is 7.55. The minimum absolute atomic E-state index is 0. The molecule has 2 aromatic heterocycles. The Morgan fingerprint density at radius 3 is 2.57 bits per heavy atom. The Kier molecular flexibility index (Phi) is 6.25. The van der Waals surface area contributed by atoms with Gasteiger partial charge in [0.1, 0.15) is 11.3 Å². The zero-order valence-electron chi connectivity index (χ0n) is 16.2. The van der Waals surface area contributed by atoms with Gasteiger partial charge >= 0.3 is 5.63 Å². The first-order chi connectivity index (χ1) is 13.0. The van der Waals surface area contributed by atoms with Crippen LogP contribution >= 0.6 is 12.4 Å². The van der Waals surface area contributed by atoms with E-state index in [1.165, 1.54) is 0 Å². The molecular formula is C20H26ClN3O4. The summed E-state index contributed by atoms with van der Waals surface area (Å²) < 4.78 is 11.0. The number of carbonyl (C=O) groups excluding carboxylic acids is 1. The summed E-state index contributed by atoms with van der Waals surface area (Å²) in [4.78, 5) is 27.6. The molecule has 0 spiro atoms. The van der Waals surface area contributed by atoms with Crippen LogP contribution < -0.4 is 10.9 Å². The van der Waals surface area contributed by atoms with Crippen molar-refractivity contribution in [3.05, 3.63) is 50.9 Å². The SMILES string of the molecule is Cc1cc(C2CCCN2C(=O)c2c(C)cc(C3CCNCC3)oc2=O)on1.Cl. The molecule has 1 amide bonds. The number of hydrogen-bond donors (Lipinski definition) is 1. The van der Waals surface area contributed by atoms with Crippen molar-refractivity contribution in [2.75, 3.05) is 19.6 Å². The molecular weight excluding hydrogens is 382 g/mol. The van der Waals surface area contributed by atoms with Crippen LogP contribution in [-0.2, 0) is 0 Å². The Bertz CT molecular complexity index is 901. The third-order valence-electron chi connectivity index (χ3n) is 5.61. The van der Waals surface area contributed by atoms with Crippen LogP contribution in [0.2, 0.25) is 0 Å². The average molecular weight is 408 g/mol. The minimum Gasteiger partial charge on any atom is -0.427 e. The quantitative estimate of drug-likeness (QED) is 0.840. The van der Waals surface area contributed by atoms with Gasteiger partial charge in [0.2, 0.25) is 0 Å². The first kappa shape index (κ1) is 20.6. The van der Waals surface area contributed by atoms with Gasteiger partial charge in [-0.25, -0.2) is 4.79 Å². The standard InChI is InChI=1S/C20H25N3O4.ClH/c1-12-10-16(14-5-7-21-8-6-14)26-20(25)18(12)19(24)23-9-3-4-15(23)17-11-13(2)22-27-17;/h10-11,14-15,21H,3-9H2,1-2H3;1H. The monoisotopic (exact) mass is 407 g/mol. The van der Waals surface area contributed by atoms with Crippen LogP contribution in [0.5, 0.6) is 0 Å². The predicted molar refractivity (Wildman–Crippen MR) is 106 cm³/mol. The summed E-state index contributed by atoms with van der Waals surface area (Å²) in [6.07, 6.45) is 3.55. The Hall–Kier alpha value is -2.12. The molecule has 1 N–H and O–H groups in total. The fourth-order valence-corrected chi connectivity index (χ4v) is 4.19. The molecule has 4 heterocycles. The van der Waals surface area contributed by atoms with E-state index in [0.717, 1.165) is 44.5 Å². The minimum atomic E-state index is -0.534. The van der Waals surface area contributed by atoms with E-state index in [0.29, 0.717) is 23.6 Å². The molecule has 2 aromatic rings. The molecule has 1 unspecified atom stereocenters. The predicted octanol–water partition coefficient (Wildman–Crippen LogP) is 3.11. The third-order valence-corrected chi connectivity index (χ3v) is 5.61. The number of likely N-dealkylation sites (tertiary alicyclic amines) is 1. The lowest BCUT2D eigenvalue weighted by atomic mass is 9.94. The lowest BCUT2D eigenvalue weighted by Gasteiger charge is -2.24. The number of piperidine rings is 1. The van der Waals surface area contributed by atoms with Gasteiger partial charge in [0, 0.05) is 18.5 Å². The number of aryl methyl sites for hydroxylation is 2. The molecule has 2 saturated heterocycles. The fourth-order valence-electron chi connectivity index (χ4n) is 4.19. The highest BCUT2D eigenvalue weighted by atomic mass is 35.5. The molecule has 7 nitrogen and oxygen atoms in total. The van der Waals surface area contributed by atoms with Gasteiger partial charge in [-0.1, -0.05) is 5.16 Å². The van der Waals surface area contributed by atoms with Gasteiger partial charge in [0.25, 0.3) is 5.91 Å². The van der Waals surface area contributed by atoms with Gasteiger partial charge < -0.3 is 19.2 Å². The van der Waals surface area contributed by atoms with Crippen LogP contribution in [0, 0.1) is 13.8 Å². The van der Waals surface area contributed by atoms with Crippen molar-refractivity contribution < 1.29 is 13.7 Å². The smallest absolute Gasteiger partial charge is 0.349 e.